The second kappa shape index (κ2) is 10.6. The van der Waals surface area contributed by atoms with Crippen molar-refractivity contribution in [1.82, 2.24) is 39.2 Å². The molecule has 0 unspecified atom stereocenters. The normalized spacial score (nSPS) is 17.3. The smallest absolute Gasteiger partial charge is 0.317 e. The average molecular weight is 566 g/mol. The van der Waals surface area contributed by atoms with Crippen LogP contribution in [0.4, 0.5) is 10.6 Å². The lowest BCUT2D eigenvalue weighted by atomic mass is 9.88. The summed E-state index contributed by atoms with van der Waals surface area (Å²) in [5.41, 5.74) is 3.70. The summed E-state index contributed by atoms with van der Waals surface area (Å²) in [6.45, 7) is 7.65. The zero-order chi connectivity index (χ0) is 28.7. The summed E-state index contributed by atoms with van der Waals surface area (Å²) in [4.78, 5) is 31.0. The molecule has 1 N–H and O–H groups in total. The van der Waals surface area contributed by atoms with Gasteiger partial charge in [-0.15, -0.1) is 0 Å². The van der Waals surface area contributed by atoms with Crippen molar-refractivity contribution in [1.29, 1.82) is 0 Å². The number of piperidine rings is 1. The van der Waals surface area contributed by atoms with Crippen LogP contribution in [0.1, 0.15) is 42.6 Å². The minimum atomic E-state index is -0.222. The minimum Gasteiger partial charge on any atom is -0.491 e. The van der Waals surface area contributed by atoms with E-state index in [2.05, 4.69) is 51.4 Å². The van der Waals surface area contributed by atoms with Gasteiger partial charge in [0.25, 0.3) is 0 Å². The van der Waals surface area contributed by atoms with Crippen LogP contribution in [0.3, 0.4) is 0 Å². The molecule has 2 amide bonds. The Labute approximate surface area is 244 Å². The van der Waals surface area contributed by atoms with Gasteiger partial charge < -0.3 is 24.3 Å². The molecule has 0 aliphatic carbocycles. The zero-order valence-electron chi connectivity index (χ0n) is 24.0. The van der Waals surface area contributed by atoms with Crippen molar-refractivity contribution >= 4 is 23.1 Å². The van der Waals surface area contributed by atoms with Crippen molar-refractivity contribution in [3.8, 4) is 5.75 Å². The molecule has 6 heterocycles. The van der Waals surface area contributed by atoms with Crippen LogP contribution in [0.5, 0.6) is 5.75 Å². The molecule has 7 rings (SSSR count). The van der Waals surface area contributed by atoms with Gasteiger partial charge in [0.1, 0.15) is 5.75 Å². The number of nitrogens with one attached hydrogen (secondary N) is 1. The quantitative estimate of drug-likeness (QED) is 0.305. The van der Waals surface area contributed by atoms with Gasteiger partial charge in [0.05, 0.1) is 18.3 Å². The largest absolute Gasteiger partial charge is 0.491 e. The average Bonchev–Trinajstić information content (AvgIpc) is 3.73. The number of hydrogen-bond acceptors (Lipinski definition) is 7. The molecule has 2 saturated heterocycles. The van der Waals surface area contributed by atoms with Crippen LogP contribution in [-0.4, -0.2) is 78.2 Å². The Morgan fingerprint density at radius 2 is 1.86 bits per heavy atom. The fourth-order valence-electron chi connectivity index (χ4n) is 6.14. The van der Waals surface area contributed by atoms with E-state index in [0.29, 0.717) is 26.1 Å². The molecule has 11 heteroatoms. The van der Waals surface area contributed by atoms with Crippen LogP contribution in [0.2, 0.25) is 0 Å². The fraction of sp³-hybridized carbons (Fsp3) is 0.387. The Balaban J connectivity index is 0.963. The van der Waals surface area contributed by atoms with Crippen LogP contribution in [0, 0.1) is 6.92 Å². The van der Waals surface area contributed by atoms with Crippen molar-refractivity contribution < 1.29 is 9.53 Å². The summed E-state index contributed by atoms with van der Waals surface area (Å²) >= 11 is 0. The number of carbonyl (C=O) groups excluding carboxylic acids is 1. The number of pyridine rings is 1. The Morgan fingerprint density at radius 3 is 2.67 bits per heavy atom. The van der Waals surface area contributed by atoms with Crippen LogP contribution < -0.4 is 15.0 Å². The lowest BCUT2D eigenvalue weighted by molar-refractivity contribution is 0.217. The number of aromatic nitrogens is 6. The SMILES string of the molecule is Cc1cc(OC[C@H](C)c2ccccc2)cn2nc(CCN3CC4(CCN(c5nccn6ccnc56)CC4)NC3=O)nc12. The molecule has 0 saturated carbocycles. The summed E-state index contributed by atoms with van der Waals surface area (Å²) in [6, 6.07) is 12.4. The molecule has 2 aliphatic rings. The third-order valence-corrected chi connectivity index (χ3v) is 8.58. The number of urea groups is 1. The van der Waals surface area contributed by atoms with E-state index < -0.39 is 0 Å². The number of ether oxygens (including phenoxy) is 1. The summed E-state index contributed by atoms with van der Waals surface area (Å²) in [6.07, 6.45) is 11.6. The van der Waals surface area contributed by atoms with Crippen molar-refractivity contribution in [2.75, 3.05) is 37.7 Å². The summed E-state index contributed by atoms with van der Waals surface area (Å²) in [5.74, 6) is 2.66. The van der Waals surface area contributed by atoms with Gasteiger partial charge in [0.15, 0.2) is 22.9 Å². The molecule has 4 aromatic heterocycles. The first-order chi connectivity index (χ1) is 20.5. The van der Waals surface area contributed by atoms with Crippen LogP contribution in [0.25, 0.3) is 11.3 Å². The standard InChI is InChI=1S/C31H35N9O2/c1-22-18-25(42-20-23(2)24-6-4-3-5-7-24)19-40-27(22)34-26(36-40)8-13-39-21-31(35-30(39)41)9-14-37(15-10-31)28-29-33-12-17-38(29)16-11-32-28/h3-7,11-12,16-19,23H,8-10,13-15,20-21H2,1-2H3,(H,35,41)/t23-/m0/s1. The highest BCUT2D eigenvalue weighted by molar-refractivity contribution is 5.78. The van der Waals surface area contributed by atoms with E-state index in [1.54, 1.807) is 10.7 Å². The van der Waals surface area contributed by atoms with Gasteiger partial charge in [-0.1, -0.05) is 37.3 Å². The highest BCUT2D eigenvalue weighted by Gasteiger charge is 2.44. The number of hydrogen-bond donors (Lipinski definition) is 1. The van der Waals surface area contributed by atoms with Crippen LogP contribution in [-0.2, 0) is 6.42 Å². The molecular formula is C31H35N9O2. The summed E-state index contributed by atoms with van der Waals surface area (Å²) < 4.78 is 9.91. The molecule has 0 radical (unpaired) electrons. The molecule has 0 bridgehead atoms. The molecule has 1 atom stereocenters. The lowest BCUT2D eigenvalue weighted by Crippen LogP contribution is -2.52. The second-order valence-electron chi connectivity index (χ2n) is 11.6. The predicted molar refractivity (Wildman–Crippen MR) is 159 cm³/mol. The number of anilines is 1. The Kier molecular flexibility index (Phi) is 6.64. The second-order valence-corrected chi connectivity index (χ2v) is 11.6. The van der Waals surface area contributed by atoms with Crippen molar-refractivity contribution in [3.05, 3.63) is 84.3 Å². The lowest BCUT2D eigenvalue weighted by Gasteiger charge is -2.39. The van der Waals surface area contributed by atoms with E-state index in [0.717, 1.165) is 60.2 Å². The molecule has 1 aromatic carbocycles. The zero-order valence-corrected chi connectivity index (χ0v) is 24.0. The number of aryl methyl sites for hydroxylation is 1. The van der Waals surface area contributed by atoms with Gasteiger partial charge in [0, 0.05) is 63.3 Å². The number of benzene rings is 1. The Bertz CT molecular complexity index is 1720. The van der Waals surface area contributed by atoms with E-state index >= 15 is 0 Å². The van der Waals surface area contributed by atoms with Gasteiger partial charge in [-0.05, 0) is 37.0 Å². The van der Waals surface area contributed by atoms with E-state index in [-0.39, 0.29) is 17.5 Å². The number of rotatable bonds is 8. The molecule has 11 nitrogen and oxygen atoms in total. The van der Waals surface area contributed by atoms with E-state index in [4.69, 9.17) is 14.8 Å². The number of amides is 2. The van der Waals surface area contributed by atoms with E-state index in [1.165, 1.54) is 5.56 Å². The van der Waals surface area contributed by atoms with Gasteiger partial charge in [-0.3, -0.25) is 0 Å². The molecule has 5 aromatic rings. The third-order valence-electron chi connectivity index (χ3n) is 8.58. The highest BCUT2D eigenvalue weighted by atomic mass is 16.5. The van der Waals surface area contributed by atoms with Crippen molar-refractivity contribution in [2.24, 2.45) is 0 Å². The first-order valence-electron chi connectivity index (χ1n) is 14.6. The first kappa shape index (κ1) is 26.2. The Morgan fingerprint density at radius 1 is 1.07 bits per heavy atom. The Hall–Kier alpha value is -4.67. The van der Waals surface area contributed by atoms with Crippen molar-refractivity contribution in [2.45, 2.75) is 44.6 Å². The first-order valence-corrected chi connectivity index (χ1v) is 14.6. The van der Waals surface area contributed by atoms with Crippen LogP contribution >= 0.6 is 0 Å². The third kappa shape index (κ3) is 4.99. The minimum absolute atomic E-state index is 0.0138. The number of imidazole rings is 1. The number of carbonyl (C=O) groups is 1. The van der Waals surface area contributed by atoms with E-state index in [1.807, 2.05) is 53.1 Å². The fourth-order valence-corrected chi connectivity index (χ4v) is 6.14. The van der Waals surface area contributed by atoms with E-state index in [9.17, 15) is 4.79 Å². The van der Waals surface area contributed by atoms with Gasteiger partial charge >= 0.3 is 6.03 Å². The van der Waals surface area contributed by atoms with Crippen molar-refractivity contribution in [3.63, 3.8) is 0 Å². The maximum absolute atomic E-state index is 13.0. The summed E-state index contributed by atoms with van der Waals surface area (Å²) in [7, 11) is 0. The number of fused-ring (bicyclic) bond motifs is 2. The predicted octanol–water partition coefficient (Wildman–Crippen LogP) is 3.87. The molecule has 42 heavy (non-hydrogen) atoms. The van der Waals surface area contributed by atoms with Gasteiger partial charge in [-0.25, -0.2) is 24.3 Å². The molecule has 2 fully saturated rings. The van der Waals surface area contributed by atoms with Gasteiger partial charge in [-0.2, -0.15) is 5.10 Å². The van der Waals surface area contributed by atoms with Crippen LogP contribution in [0.15, 0.2) is 67.4 Å². The monoisotopic (exact) mass is 565 g/mol. The maximum atomic E-state index is 13.0. The molecule has 216 valence electrons. The topological polar surface area (TPSA) is 105 Å². The molecule has 2 aliphatic heterocycles. The maximum Gasteiger partial charge on any atom is 0.317 e. The molecular weight excluding hydrogens is 530 g/mol. The highest BCUT2D eigenvalue weighted by Crippen LogP contribution is 2.31. The summed E-state index contributed by atoms with van der Waals surface area (Å²) in [5, 5.41) is 8.01. The number of nitrogens with zero attached hydrogens (tertiary/aromatic N) is 8. The molecule has 1 spiro atoms. The van der Waals surface area contributed by atoms with Gasteiger partial charge in [0.2, 0.25) is 0 Å².